The van der Waals surface area contributed by atoms with Crippen LogP contribution in [0, 0.1) is 5.92 Å². The summed E-state index contributed by atoms with van der Waals surface area (Å²) >= 11 is 0. The zero-order valence-electron chi connectivity index (χ0n) is 8.01. The van der Waals surface area contributed by atoms with Crippen molar-refractivity contribution in [2.24, 2.45) is 5.92 Å². The average Bonchev–Trinajstić information content (AvgIpc) is 2.13. The van der Waals surface area contributed by atoms with Crippen LogP contribution in [0.25, 0.3) is 0 Å². The fourth-order valence-electron chi connectivity index (χ4n) is 1.31. The molecule has 0 atom stereocenters. The molecule has 1 saturated carbocycles. The van der Waals surface area contributed by atoms with Crippen LogP contribution in [0.4, 0.5) is 0 Å². The van der Waals surface area contributed by atoms with Gasteiger partial charge in [0.15, 0.2) is 0 Å². The number of aliphatic hydroxyl groups excluding tert-OH is 2. The summed E-state index contributed by atoms with van der Waals surface area (Å²) in [7, 11) is 2.00. The first-order chi connectivity index (χ1) is 5.39. The Morgan fingerprint density at radius 2 is 1.18 bits per heavy atom. The fraction of sp³-hybridized carbons (Fsp3) is 1.00. The fourth-order valence-corrected chi connectivity index (χ4v) is 1.31. The summed E-state index contributed by atoms with van der Waals surface area (Å²) in [6, 6.07) is 0. The Morgan fingerprint density at radius 3 is 1.36 bits per heavy atom. The van der Waals surface area contributed by atoms with E-state index in [0.29, 0.717) is 0 Å². The molecular weight excluding hydrogens is 140 g/mol. The molecule has 0 aromatic heterocycles. The van der Waals surface area contributed by atoms with Gasteiger partial charge in [-0.25, -0.2) is 0 Å². The second-order valence-corrected chi connectivity index (χ2v) is 2.74. The third-order valence-corrected chi connectivity index (χ3v) is 1.89. The molecule has 0 aromatic rings. The molecule has 11 heavy (non-hydrogen) atoms. The van der Waals surface area contributed by atoms with Gasteiger partial charge in [0.05, 0.1) is 0 Å². The normalized spacial score (nSPS) is 17.2. The van der Waals surface area contributed by atoms with Crippen molar-refractivity contribution in [2.75, 3.05) is 14.2 Å². The number of rotatable bonds is 0. The molecule has 0 radical (unpaired) electrons. The van der Waals surface area contributed by atoms with E-state index in [4.69, 9.17) is 10.2 Å². The maximum absolute atomic E-state index is 7.00. The molecule has 0 amide bonds. The first kappa shape index (κ1) is 13.5. The molecule has 2 N–H and O–H groups in total. The Labute approximate surface area is 70.3 Å². The number of aliphatic hydroxyl groups is 2. The van der Waals surface area contributed by atoms with Gasteiger partial charge in [0, 0.05) is 14.2 Å². The molecule has 0 spiro atoms. The van der Waals surface area contributed by atoms with Crippen LogP contribution >= 0.6 is 0 Å². The van der Waals surface area contributed by atoms with Crippen molar-refractivity contribution in [3.63, 3.8) is 0 Å². The van der Waals surface area contributed by atoms with Crippen molar-refractivity contribution >= 4 is 0 Å². The topological polar surface area (TPSA) is 40.5 Å². The van der Waals surface area contributed by atoms with Gasteiger partial charge in [-0.2, -0.15) is 0 Å². The maximum Gasteiger partial charge on any atom is 0.0319 e. The molecular formula is C9H22O2. The summed E-state index contributed by atoms with van der Waals surface area (Å²) in [5, 5.41) is 14.0. The zero-order chi connectivity index (χ0) is 9.11. The van der Waals surface area contributed by atoms with E-state index in [0.717, 1.165) is 20.1 Å². The van der Waals surface area contributed by atoms with E-state index >= 15 is 0 Å². The van der Waals surface area contributed by atoms with E-state index in [-0.39, 0.29) is 0 Å². The Balaban J connectivity index is 0. The third kappa shape index (κ3) is 9.92. The summed E-state index contributed by atoms with van der Waals surface area (Å²) in [5.41, 5.74) is 0. The lowest BCUT2D eigenvalue weighted by molar-refractivity contribution is 0.385. The van der Waals surface area contributed by atoms with E-state index in [1.807, 2.05) is 0 Å². The van der Waals surface area contributed by atoms with Crippen LogP contribution in [0.5, 0.6) is 0 Å². The summed E-state index contributed by atoms with van der Waals surface area (Å²) in [6.45, 7) is 2.36. The molecule has 2 heteroatoms. The first-order valence-corrected chi connectivity index (χ1v) is 4.29. The van der Waals surface area contributed by atoms with Crippen LogP contribution in [0.2, 0.25) is 0 Å². The smallest absolute Gasteiger partial charge is 0.0319 e. The lowest BCUT2D eigenvalue weighted by atomic mass is 9.91. The van der Waals surface area contributed by atoms with Crippen molar-refractivity contribution in [3.05, 3.63) is 0 Å². The summed E-state index contributed by atoms with van der Waals surface area (Å²) < 4.78 is 0. The first-order valence-electron chi connectivity index (χ1n) is 4.29. The minimum absolute atomic E-state index is 1.00. The quantitative estimate of drug-likeness (QED) is 0.570. The predicted molar refractivity (Wildman–Crippen MR) is 48.5 cm³/mol. The van der Waals surface area contributed by atoms with Gasteiger partial charge in [-0.15, -0.1) is 0 Å². The lowest BCUT2D eigenvalue weighted by Crippen LogP contribution is -1.99. The van der Waals surface area contributed by atoms with Gasteiger partial charge in [-0.3, -0.25) is 0 Å². The van der Waals surface area contributed by atoms with Crippen LogP contribution in [0.15, 0.2) is 0 Å². The third-order valence-electron chi connectivity index (χ3n) is 1.89. The number of hydrogen-bond donors (Lipinski definition) is 2. The van der Waals surface area contributed by atoms with Crippen LogP contribution in [-0.4, -0.2) is 24.4 Å². The molecule has 0 aliphatic heterocycles. The molecule has 1 fully saturated rings. The van der Waals surface area contributed by atoms with E-state index in [1.54, 1.807) is 0 Å². The van der Waals surface area contributed by atoms with Gasteiger partial charge < -0.3 is 10.2 Å². The molecule has 0 bridgehead atoms. The number of hydrogen-bond acceptors (Lipinski definition) is 2. The molecule has 2 nitrogen and oxygen atoms in total. The second-order valence-electron chi connectivity index (χ2n) is 2.74. The van der Waals surface area contributed by atoms with Crippen LogP contribution in [-0.2, 0) is 0 Å². The largest absolute Gasteiger partial charge is 0.400 e. The molecule has 0 saturated heterocycles. The van der Waals surface area contributed by atoms with Crippen molar-refractivity contribution in [3.8, 4) is 0 Å². The summed E-state index contributed by atoms with van der Waals surface area (Å²) in [5.74, 6) is 1.04. The maximum atomic E-state index is 7.00. The SMILES string of the molecule is CC1CCCCC1.CO.CO. The predicted octanol–water partition coefficient (Wildman–Crippen LogP) is 1.80. The molecule has 0 heterocycles. The summed E-state index contributed by atoms with van der Waals surface area (Å²) in [6.07, 6.45) is 7.44. The highest BCUT2D eigenvalue weighted by molar-refractivity contribution is 4.59. The highest BCUT2D eigenvalue weighted by atomic mass is 16.2. The average molecular weight is 162 g/mol. The zero-order valence-corrected chi connectivity index (χ0v) is 8.01. The van der Waals surface area contributed by atoms with Crippen molar-refractivity contribution in [1.82, 2.24) is 0 Å². The Hall–Kier alpha value is -0.0800. The molecule has 1 rings (SSSR count). The van der Waals surface area contributed by atoms with Gasteiger partial charge in [0.2, 0.25) is 0 Å². The van der Waals surface area contributed by atoms with Crippen LogP contribution in [0.1, 0.15) is 39.0 Å². The van der Waals surface area contributed by atoms with Crippen molar-refractivity contribution in [2.45, 2.75) is 39.0 Å². The van der Waals surface area contributed by atoms with Gasteiger partial charge in [0.1, 0.15) is 0 Å². The van der Waals surface area contributed by atoms with Gasteiger partial charge in [-0.1, -0.05) is 39.0 Å². The second kappa shape index (κ2) is 12.6. The van der Waals surface area contributed by atoms with E-state index < -0.39 is 0 Å². The van der Waals surface area contributed by atoms with Gasteiger partial charge >= 0.3 is 0 Å². The Kier molecular flexibility index (Phi) is 15.4. The molecule has 1 aliphatic rings. The van der Waals surface area contributed by atoms with Crippen molar-refractivity contribution in [1.29, 1.82) is 0 Å². The standard InChI is InChI=1S/C7H14.2CH4O/c1-7-5-3-2-4-6-7;2*1-2/h7H,2-6H2,1H3;2*2H,1H3. The Bertz CT molecular complexity index is 49.5. The molecule has 0 aromatic carbocycles. The van der Waals surface area contributed by atoms with E-state index in [9.17, 15) is 0 Å². The Morgan fingerprint density at radius 1 is 0.818 bits per heavy atom. The van der Waals surface area contributed by atoms with Gasteiger partial charge in [-0.05, 0) is 5.92 Å². The summed E-state index contributed by atoms with van der Waals surface area (Å²) in [4.78, 5) is 0. The molecule has 1 aliphatic carbocycles. The van der Waals surface area contributed by atoms with Gasteiger partial charge in [0.25, 0.3) is 0 Å². The van der Waals surface area contributed by atoms with E-state index in [1.165, 1.54) is 32.1 Å². The highest BCUT2D eigenvalue weighted by Gasteiger charge is 2.05. The van der Waals surface area contributed by atoms with Crippen molar-refractivity contribution < 1.29 is 10.2 Å². The van der Waals surface area contributed by atoms with E-state index in [2.05, 4.69) is 6.92 Å². The van der Waals surface area contributed by atoms with Crippen LogP contribution < -0.4 is 0 Å². The highest BCUT2D eigenvalue weighted by Crippen LogP contribution is 2.21. The molecule has 70 valence electrons. The lowest BCUT2D eigenvalue weighted by Gasteiger charge is -2.15. The minimum atomic E-state index is 1.00. The minimum Gasteiger partial charge on any atom is -0.400 e. The molecule has 0 unspecified atom stereocenters. The van der Waals surface area contributed by atoms with Crippen LogP contribution in [0.3, 0.4) is 0 Å². The monoisotopic (exact) mass is 162 g/mol.